The summed E-state index contributed by atoms with van der Waals surface area (Å²) in [6.45, 7) is 3.34. The molecule has 0 saturated heterocycles. The van der Waals surface area contributed by atoms with Crippen molar-refractivity contribution in [1.29, 1.82) is 0 Å². The van der Waals surface area contributed by atoms with Gasteiger partial charge in [-0.15, -0.1) is 0 Å². The van der Waals surface area contributed by atoms with Gasteiger partial charge in [0, 0.05) is 11.8 Å². The van der Waals surface area contributed by atoms with Gasteiger partial charge in [0.15, 0.2) is 18.1 Å². The Bertz CT molecular complexity index is 912. The molecule has 0 bridgehead atoms. The molecule has 0 spiro atoms. The summed E-state index contributed by atoms with van der Waals surface area (Å²) in [7, 11) is 1.33. The van der Waals surface area contributed by atoms with Gasteiger partial charge in [-0.25, -0.2) is 4.79 Å². The van der Waals surface area contributed by atoms with Gasteiger partial charge < -0.3 is 19.5 Å². The summed E-state index contributed by atoms with van der Waals surface area (Å²) >= 11 is 0. The van der Waals surface area contributed by atoms with Crippen LogP contribution in [0.3, 0.4) is 0 Å². The zero-order valence-corrected chi connectivity index (χ0v) is 16.4. The van der Waals surface area contributed by atoms with Crippen LogP contribution in [0.1, 0.15) is 29.8 Å². The first kappa shape index (κ1) is 21.7. The fourth-order valence-corrected chi connectivity index (χ4v) is 2.64. The van der Waals surface area contributed by atoms with Gasteiger partial charge in [0.25, 0.3) is 11.6 Å². The van der Waals surface area contributed by atoms with Crippen molar-refractivity contribution in [1.82, 2.24) is 0 Å². The Morgan fingerprint density at radius 3 is 2.48 bits per heavy atom. The zero-order valence-electron chi connectivity index (χ0n) is 16.4. The van der Waals surface area contributed by atoms with Crippen molar-refractivity contribution in [2.75, 3.05) is 25.6 Å². The molecular weight excluding hydrogens is 380 g/mol. The Kier molecular flexibility index (Phi) is 7.53. The number of aryl methyl sites for hydroxylation is 1. The number of nitrogens with zero attached hydrogens (tertiary/aromatic N) is 1. The molecule has 2 rings (SSSR count). The maximum atomic E-state index is 12.4. The van der Waals surface area contributed by atoms with E-state index in [1.54, 1.807) is 19.1 Å². The first-order chi connectivity index (χ1) is 13.9. The second kappa shape index (κ2) is 10.1. The number of amides is 1. The first-order valence-electron chi connectivity index (χ1n) is 8.95. The van der Waals surface area contributed by atoms with Crippen LogP contribution in [0, 0.1) is 10.1 Å². The van der Waals surface area contributed by atoms with Gasteiger partial charge in [0.2, 0.25) is 0 Å². The molecule has 9 nitrogen and oxygen atoms in total. The number of nitro groups is 1. The van der Waals surface area contributed by atoms with E-state index in [0.29, 0.717) is 12.1 Å². The second-order valence-electron chi connectivity index (χ2n) is 5.85. The van der Waals surface area contributed by atoms with E-state index in [-0.39, 0.29) is 23.7 Å². The van der Waals surface area contributed by atoms with Gasteiger partial charge in [0.05, 0.1) is 24.7 Å². The van der Waals surface area contributed by atoms with Crippen molar-refractivity contribution in [2.45, 2.75) is 20.3 Å². The number of esters is 1. The topological polar surface area (TPSA) is 117 Å². The summed E-state index contributed by atoms with van der Waals surface area (Å²) in [4.78, 5) is 35.1. The van der Waals surface area contributed by atoms with Gasteiger partial charge in [-0.05, 0) is 25.0 Å². The highest BCUT2D eigenvalue weighted by Crippen LogP contribution is 2.35. The van der Waals surface area contributed by atoms with E-state index in [2.05, 4.69) is 5.32 Å². The largest absolute Gasteiger partial charge is 0.493 e. The number of carbonyl (C=O) groups is 2. The van der Waals surface area contributed by atoms with Gasteiger partial charge in [-0.3, -0.25) is 14.9 Å². The summed E-state index contributed by atoms with van der Waals surface area (Å²) in [5.74, 6) is -1.29. The lowest BCUT2D eigenvalue weighted by atomic mass is 10.1. The molecule has 0 saturated carbocycles. The maximum Gasteiger partial charge on any atom is 0.345 e. The minimum Gasteiger partial charge on any atom is -0.493 e. The van der Waals surface area contributed by atoms with Crippen LogP contribution < -0.4 is 14.8 Å². The normalized spacial score (nSPS) is 10.2. The minimum atomic E-state index is -1.01. The third kappa shape index (κ3) is 5.44. The molecule has 154 valence electrons. The molecule has 0 aliphatic rings. The van der Waals surface area contributed by atoms with Crippen LogP contribution in [-0.2, 0) is 16.0 Å². The van der Waals surface area contributed by atoms with Crippen molar-refractivity contribution >= 4 is 23.3 Å². The number of rotatable bonds is 9. The fraction of sp³-hybridized carbons (Fsp3) is 0.300. The van der Waals surface area contributed by atoms with E-state index >= 15 is 0 Å². The van der Waals surface area contributed by atoms with E-state index in [1.807, 2.05) is 19.1 Å². The fourth-order valence-electron chi connectivity index (χ4n) is 2.64. The molecule has 9 heteroatoms. The number of hydrogen-bond acceptors (Lipinski definition) is 7. The van der Waals surface area contributed by atoms with Crippen LogP contribution in [0.15, 0.2) is 36.4 Å². The van der Waals surface area contributed by atoms with E-state index < -0.39 is 29.1 Å². The van der Waals surface area contributed by atoms with E-state index in [1.165, 1.54) is 13.2 Å². The lowest BCUT2D eigenvalue weighted by Gasteiger charge is -2.12. The van der Waals surface area contributed by atoms with Crippen molar-refractivity contribution in [3.05, 3.63) is 57.6 Å². The number of nitro benzene ring substituents is 1. The average molecular weight is 402 g/mol. The number of ether oxygens (including phenoxy) is 3. The van der Waals surface area contributed by atoms with Crippen LogP contribution in [0.25, 0.3) is 0 Å². The molecule has 1 N–H and O–H groups in total. The molecule has 0 aliphatic carbocycles. The number of benzene rings is 2. The van der Waals surface area contributed by atoms with Crippen molar-refractivity contribution in [2.24, 2.45) is 0 Å². The number of carbonyl (C=O) groups excluding carboxylic acids is 2. The molecule has 0 aliphatic heterocycles. The quantitative estimate of drug-likeness (QED) is 0.388. The molecule has 0 fully saturated rings. The van der Waals surface area contributed by atoms with Crippen LogP contribution >= 0.6 is 0 Å². The Hall–Kier alpha value is -3.62. The molecule has 0 radical (unpaired) electrons. The standard InChI is InChI=1S/C20H22N2O7/c1-4-13-8-6-7-9-15(13)21-19(23)12-29-20(24)14-10-18(28-5-2)17(27-3)11-16(14)22(25)26/h6-11H,4-5,12H2,1-3H3,(H,21,23). The number of para-hydroxylation sites is 1. The highest BCUT2D eigenvalue weighted by Gasteiger charge is 2.26. The number of methoxy groups -OCH3 is 1. The smallest absolute Gasteiger partial charge is 0.345 e. The molecule has 2 aromatic rings. The summed E-state index contributed by atoms with van der Waals surface area (Å²) in [5.41, 5.74) is 0.706. The Morgan fingerprint density at radius 1 is 1.14 bits per heavy atom. The van der Waals surface area contributed by atoms with Crippen molar-refractivity contribution in [3.8, 4) is 11.5 Å². The van der Waals surface area contributed by atoms with Gasteiger partial charge in [0.1, 0.15) is 5.56 Å². The van der Waals surface area contributed by atoms with E-state index in [9.17, 15) is 19.7 Å². The highest BCUT2D eigenvalue weighted by molar-refractivity contribution is 5.98. The first-order valence-corrected chi connectivity index (χ1v) is 8.95. The summed E-state index contributed by atoms with van der Waals surface area (Å²) < 4.78 is 15.4. The van der Waals surface area contributed by atoms with Crippen LogP contribution in [-0.4, -0.2) is 37.1 Å². The van der Waals surface area contributed by atoms with Gasteiger partial charge in [-0.2, -0.15) is 0 Å². The Balaban J connectivity index is 2.16. The van der Waals surface area contributed by atoms with E-state index in [4.69, 9.17) is 14.2 Å². The Labute approximate surface area is 167 Å². The number of nitrogens with one attached hydrogen (secondary N) is 1. The summed E-state index contributed by atoms with van der Waals surface area (Å²) in [6.07, 6.45) is 0.717. The van der Waals surface area contributed by atoms with E-state index in [0.717, 1.165) is 11.6 Å². The zero-order chi connectivity index (χ0) is 21.4. The second-order valence-corrected chi connectivity index (χ2v) is 5.85. The predicted molar refractivity (Wildman–Crippen MR) is 106 cm³/mol. The molecule has 0 unspecified atom stereocenters. The van der Waals surface area contributed by atoms with Crippen molar-refractivity contribution < 1.29 is 28.7 Å². The van der Waals surface area contributed by atoms with Crippen molar-refractivity contribution in [3.63, 3.8) is 0 Å². The van der Waals surface area contributed by atoms with Crippen LogP contribution in [0.2, 0.25) is 0 Å². The third-order valence-corrected chi connectivity index (χ3v) is 4.01. The summed E-state index contributed by atoms with van der Waals surface area (Å²) in [6, 6.07) is 9.50. The van der Waals surface area contributed by atoms with Gasteiger partial charge >= 0.3 is 5.97 Å². The molecule has 29 heavy (non-hydrogen) atoms. The van der Waals surface area contributed by atoms with Crippen LogP contribution in [0.5, 0.6) is 11.5 Å². The predicted octanol–water partition coefficient (Wildman–Crippen LogP) is 3.36. The maximum absolute atomic E-state index is 12.4. The summed E-state index contributed by atoms with van der Waals surface area (Å²) in [5, 5.41) is 14.0. The molecular formula is C20H22N2O7. The highest BCUT2D eigenvalue weighted by atomic mass is 16.6. The number of hydrogen-bond donors (Lipinski definition) is 1. The molecule has 1 amide bonds. The molecule has 0 heterocycles. The SMILES string of the molecule is CCOc1cc(C(=O)OCC(=O)Nc2ccccc2CC)c([N+](=O)[O-])cc1OC. The molecule has 2 aromatic carbocycles. The average Bonchev–Trinajstić information content (AvgIpc) is 2.72. The number of anilines is 1. The monoisotopic (exact) mass is 402 g/mol. The van der Waals surface area contributed by atoms with Crippen LogP contribution in [0.4, 0.5) is 11.4 Å². The molecule has 0 aromatic heterocycles. The minimum absolute atomic E-state index is 0.115. The molecule has 0 atom stereocenters. The van der Waals surface area contributed by atoms with Gasteiger partial charge in [-0.1, -0.05) is 25.1 Å². The third-order valence-electron chi connectivity index (χ3n) is 4.01. The lowest BCUT2D eigenvalue weighted by Crippen LogP contribution is -2.22. The lowest BCUT2D eigenvalue weighted by molar-refractivity contribution is -0.385. The Morgan fingerprint density at radius 2 is 1.86 bits per heavy atom.